The van der Waals surface area contributed by atoms with Gasteiger partial charge in [0.25, 0.3) is 0 Å². The normalized spacial score (nSPS) is 13.4. The smallest absolute Gasteiger partial charge is 0.243 e. The highest BCUT2D eigenvalue weighted by atomic mass is 19.1. The molecule has 0 radical (unpaired) electrons. The molecule has 20 heavy (non-hydrogen) atoms. The van der Waals surface area contributed by atoms with Crippen molar-refractivity contribution in [1.82, 2.24) is 5.32 Å². The van der Waals surface area contributed by atoms with Crippen LogP contribution in [0.15, 0.2) is 24.3 Å². The van der Waals surface area contributed by atoms with Crippen molar-refractivity contribution in [3.63, 3.8) is 0 Å². The van der Waals surface area contributed by atoms with Crippen LogP contribution in [0.1, 0.15) is 20.3 Å². The van der Waals surface area contributed by atoms with Crippen LogP contribution in [0.4, 0.5) is 10.1 Å². The number of amides is 2. The molecule has 6 heteroatoms. The van der Waals surface area contributed by atoms with E-state index in [2.05, 4.69) is 10.6 Å². The number of nitrogens with one attached hydrogen (secondary N) is 2. The minimum Gasteiger partial charge on any atom is -0.346 e. The lowest BCUT2D eigenvalue weighted by Gasteiger charge is -2.17. The molecule has 4 N–H and O–H groups in total. The molecule has 1 aromatic rings. The molecule has 5 nitrogen and oxygen atoms in total. The number of hydrogen-bond acceptors (Lipinski definition) is 3. The fourth-order valence-corrected chi connectivity index (χ4v) is 1.54. The fourth-order valence-electron chi connectivity index (χ4n) is 1.54. The minimum absolute atomic E-state index is 0.0511. The van der Waals surface area contributed by atoms with Gasteiger partial charge in [-0.25, -0.2) is 4.39 Å². The maximum absolute atomic E-state index is 12.7. The standard InChI is InChI=1S/C14H20FN3O2/c1-3-9(2)13(16)14(20)17-8-12(19)18-11-6-4-10(15)5-7-11/h4-7,9,13H,3,8,16H2,1-2H3,(H,17,20)(H,18,19). The monoisotopic (exact) mass is 281 g/mol. The second kappa shape index (κ2) is 7.59. The van der Waals surface area contributed by atoms with Gasteiger partial charge in [0.05, 0.1) is 12.6 Å². The highest BCUT2D eigenvalue weighted by molar-refractivity contribution is 5.95. The summed E-state index contributed by atoms with van der Waals surface area (Å²) < 4.78 is 12.7. The number of nitrogens with two attached hydrogens (primary N) is 1. The summed E-state index contributed by atoms with van der Waals surface area (Å²) in [5.41, 5.74) is 6.21. The van der Waals surface area contributed by atoms with Crippen molar-refractivity contribution in [1.29, 1.82) is 0 Å². The van der Waals surface area contributed by atoms with Crippen molar-refractivity contribution in [2.24, 2.45) is 11.7 Å². The summed E-state index contributed by atoms with van der Waals surface area (Å²) in [6, 6.07) is 4.75. The minimum atomic E-state index is -0.626. The van der Waals surface area contributed by atoms with E-state index < -0.39 is 6.04 Å². The molecule has 0 saturated carbocycles. The van der Waals surface area contributed by atoms with Crippen LogP contribution in [-0.2, 0) is 9.59 Å². The van der Waals surface area contributed by atoms with Gasteiger partial charge in [-0.1, -0.05) is 20.3 Å². The predicted molar refractivity (Wildman–Crippen MR) is 75.5 cm³/mol. The van der Waals surface area contributed by atoms with E-state index >= 15 is 0 Å². The quantitative estimate of drug-likeness (QED) is 0.734. The van der Waals surface area contributed by atoms with Crippen molar-refractivity contribution in [2.75, 3.05) is 11.9 Å². The fraction of sp³-hybridized carbons (Fsp3) is 0.429. The van der Waals surface area contributed by atoms with E-state index in [-0.39, 0.29) is 30.1 Å². The van der Waals surface area contributed by atoms with Gasteiger partial charge < -0.3 is 16.4 Å². The zero-order valence-electron chi connectivity index (χ0n) is 11.7. The van der Waals surface area contributed by atoms with Crippen LogP contribution in [0.25, 0.3) is 0 Å². The van der Waals surface area contributed by atoms with E-state index in [1.807, 2.05) is 13.8 Å². The lowest BCUT2D eigenvalue weighted by molar-refractivity contribution is -0.125. The summed E-state index contributed by atoms with van der Waals surface area (Å²) in [6.07, 6.45) is 0.788. The zero-order chi connectivity index (χ0) is 15.1. The Labute approximate surface area is 117 Å². The molecule has 2 unspecified atom stereocenters. The topological polar surface area (TPSA) is 84.2 Å². The van der Waals surface area contributed by atoms with Gasteiger partial charge in [-0.3, -0.25) is 9.59 Å². The molecule has 0 spiro atoms. The van der Waals surface area contributed by atoms with Crippen molar-refractivity contribution in [3.8, 4) is 0 Å². The van der Waals surface area contributed by atoms with Gasteiger partial charge in [0.2, 0.25) is 11.8 Å². The molecule has 0 bridgehead atoms. The number of halogens is 1. The first kappa shape index (κ1) is 16.1. The molecule has 0 aliphatic rings. The third-order valence-corrected chi connectivity index (χ3v) is 3.11. The van der Waals surface area contributed by atoms with E-state index in [0.29, 0.717) is 5.69 Å². The SMILES string of the molecule is CCC(C)C(N)C(=O)NCC(=O)Nc1ccc(F)cc1. The van der Waals surface area contributed by atoms with E-state index in [1.165, 1.54) is 24.3 Å². The van der Waals surface area contributed by atoms with Crippen LogP contribution in [0.5, 0.6) is 0 Å². The van der Waals surface area contributed by atoms with Crippen molar-refractivity contribution < 1.29 is 14.0 Å². The van der Waals surface area contributed by atoms with Crippen molar-refractivity contribution >= 4 is 17.5 Å². The van der Waals surface area contributed by atoms with E-state index in [0.717, 1.165) is 6.42 Å². The Hall–Kier alpha value is -1.95. The number of anilines is 1. The summed E-state index contributed by atoms with van der Waals surface area (Å²) in [4.78, 5) is 23.3. The van der Waals surface area contributed by atoms with E-state index in [4.69, 9.17) is 5.73 Å². The summed E-state index contributed by atoms with van der Waals surface area (Å²) >= 11 is 0. The Morgan fingerprint density at radius 3 is 2.45 bits per heavy atom. The van der Waals surface area contributed by atoms with E-state index in [1.54, 1.807) is 0 Å². The molecule has 0 aromatic heterocycles. The number of hydrogen-bond donors (Lipinski definition) is 3. The van der Waals surface area contributed by atoms with Crippen LogP contribution in [-0.4, -0.2) is 24.4 Å². The average Bonchev–Trinajstić information content (AvgIpc) is 2.45. The average molecular weight is 281 g/mol. The molecule has 0 fully saturated rings. The third kappa shape index (κ3) is 4.97. The van der Waals surface area contributed by atoms with Crippen LogP contribution in [0.2, 0.25) is 0 Å². The van der Waals surface area contributed by atoms with Gasteiger partial charge in [-0.05, 0) is 30.2 Å². The highest BCUT2D eigenvalue weighted by Gasteiger charge is 2.19. The van der Waals surface area contributed by atoms with Crippen LogP contribution >= 0.6 is 0 Å². The predicted octanol–water partition coefficient (Wildman–Crippen LogP) is 1.25. The van der Waals surface area contributed by atoms with Gasteiger partial charge in [0.15, 0.2) is 0 Å². The Balaban J connectivity index is 2.40. The van der Waals surface area contributed by atoms with Crippen LogP contribution in [0.3, 0.4) is 0 Å². The van der Waals surface area contributed by atoms with Crippen LogP contribution < -0.4 is 16.4 Å². The molecular weight excluding hydrogens is 261 g/mol. The molecule has 2 amide bonds. The molecule has 110 valence electrons. The Bertz CT molecular complexity index is 462. The van der Waals surface area contributed by atoms with Gasteiger partial charge in [0, 0.05) is 5.69 Å². The molecule has 0 aliphatic heterocycles. The molecule has 0 aliphatic carbocycles. The lowest BCUT2D eigenvalue weighted by Crippen LogP contribution is -2.46. The van der Waals surface area contributed by atoms with Gasteiger partial charge in [-0.2, -0.15) is 0 Å². The largest absolute Gasteiger partial charge is 0.346 e. The van der Waals surface area contributed by atoms with Gasteiger partial charge in [0.1, 0.15) is 5.82 Å². The number of benzene rings is 1. The Morgan fingerprint density at radius 2 is 1.90 bits per heavy atom. The second-order valence-corrected chi connectivity index (χ2v) is 4.68. The molecule has 0 heterocycles. The molecule has 1 rings (SSSR count). The lowest BCUT2D eigenvalue weighted by atomic mass is 9.99. The van der Waals surface area contributed by atoms with E-state index in [9.17, 15) is 14.0 Å². The van der Waals surface area contributed by atoms with Crippen LogP contribution in [0, 0.1) is 11.7 Å². The zero-order valence-corrected chi connectivity index (χ0v) is 11.7. The summed E-state index contributed by atoms with van der Waals surface area (Å²) in [5, 5.41) is 5.02. The first-order valence-corrected chi connectivity index (χ1v) is 6.52. The number of carbonyl (C=O) groups is 2. The van der Waals surface area contributed by atoms with Crippen molar-refractivity contribution in [2.45, 2.75) is 26.3 Å². The highest BCUT2D eigenvalue weighted by Crippen LogP contribution is 2.08. The maximum atomic E-state index is 12.7. The van der Waals surface area contributed by atoms with Gasteiger partial charge >= 0.3 is 0 Å². The first-order valence-electron chi connectivity index (χ1n) is 6.52. The van der Waals surface area contributed by atoms with Gasteiger partial charge in [-0.15, -0.1) is 0 Å². The van der Waals surface area contributed by atoms with Crippen molar-refractivity contribution in [3.05, 3.63) is 30.1 Å². The summed E-state index contributed by atoms with van der Waals surface area (Å²) in [6.45, 7) is 3.65. The maximum Gasteiger partial charge on any atom is 0.243 e. The number of carbonyl (C=O) groups excluding carboxylic acids is 2. The molecule has 0 saturated heterocycles. The Morgan fingerprint density at radius 1 is 1.30 bits per heavy atom. The molecular formula is C14H20FN3O2. The molecule has 1 aromatic carbocycles. The summed E-state index contributed by atoms with van der Waals surface area (Å²) in [7, 11) is 0. The first-order chi connectivity index (χ1) is 9.43. The third-order valence-electron chi connectivity index (χ3n) is 3.11. The second-order valence-electron chi connectivity index (χ2n) is 4.68. The number of rotatable bonds is 6. The summed E-state index contributed by atoms with van der Waals surface area (Å²) in [5.74, 6) is -1.07. The molecule has 2 atom stereocenters. The Kier molecular flexibility index (Phi) is 6.11.